The Morgan fingerprint density at radius 3 is 1.53 bits per heavy atom. The van der Waals surface area contributed by atoms with E-state index in [4.69, 9.17) is 34.8 Å². The average Bonchev–Trinajstić information content (AvgIpc) is 2.69. The van der Waals surface area contributed by atoms with E-state index in [-0.39, 0.29) is 22.1 Å². The van der Waals surface area contributed by atoms with Crippen molar-refractivity contribution in [3.05, 3.63) is 118 Å². The summed E-state index contributed by atoms with van der Waals surface area (Å²) in [5.41, 5.74) is 0.0288. The first-order chi connectivity index (χ1) is 14.1. The second-order valence-electron chi connectivity index (χ2n) is 5.18. The molecule has 3 aromatic rings. The Morgan fingerprint density at radius 1 is 0.567 bits per heavy atom. The van der Waals surface area contributed by atoms with Gasteiger partial charge in [-0.05, 0) is 24.3 Å². The van der Waals surface area contributed by atoms with Gasteiger partial charge in [0, 0.05) is 40.4 Å². The quantitative estimate of drug-likeness (QED) is 0.306. The van der Waals surface area contributed by atoms with Gasteiger partial charge >= 0.3 is 0 Å². The Labute approximate surface area is 184 Å². The molecule has 0 saturated heterocycles. The number of nitrogens with zero attached hydrogens (tertiary/aromatic N) is 3. The average molecular weight is 473 g/mol. The summed E-state index contributed by atoms with van der Waals surface area (Å²) in [6.45, 7) is 0. The number of benzene rings is 3. The van der Waals surface area contributed by atoms with Crippen LogP contribution in [0, 0.1) is 30.3 Å². The third-order valence-electron chi connectivity index (χ3n) is 3.11. The van der Waals surface area contributed by atoms with Gasteiger partial charge in [0.2, 0.25) is 0 Å². The maximum atomic E-state index is 10.1. The highest BCUT2D eigenvalue weighted by Gasteiger charge is 2.08. The summed E-state index contributed by atoms with van der Waals surface area (Å²) in [5, 5.41) is 31.4. The van der Waals surface area contributed by atoms with Gasteiger partial charge in [-0.3, -0.25) is 30.3 Å². The Balaban J connectivity index is 0.000000225. The smallest absolute Gasteiger partial charge is 0.258 e. The second kappa shape index (κ2) is 12.3. The Kier molecular flexibility index (Phi) is 10.2. The van der Waals surface area contributed by atoms with Gasteiger partial charge in [0.25, 0.3) is 17.1 Å². The fourth-order valence-corrected chi connectivity index (χ4v) is 2.27. The first-order valence-electron chi connectivity index (χ1n) is 7.80. The summed E-state index contributed by atoms with van der Waals surface area (Å²) in [6, 6.07) is 17.6. The Morgan fingerprint density at radius 2 is 1.13 bits per heavy atom. The van der Waals surface area contributed by atoms with Crippen molar-refractivity contribution in [1.82, 2.24) is 0 Å². The van der Waals surface area contributed by atoms with E-state index in [1.165, 1.54) is 48.5 Å². The van der Waals surface area contributed by atoms with Gasteiger partial charge in [0.05, 0.1) is 14.8 Å². The van der Waals surface area contributed by atoms with E-state index in [1.807, 2.05) is 0 Å². The van der Waals surface area contributed by atoms with Gasteiger partial charge in [0.1, 0.15) is 5.02 Å². The molecule has 0 amide bonds. The van der Waals surface area contributed by atoms with E-state index in [0.29, 0.717) is 10.0 Å². The van der Waals surface area contributed by atoms with Gasteiger partial charge in [-0.25, -0.2) is 0 Å². The predicted molar refractivity (Wildman–Crippen MR) is 114 cm³/mol. The largest absolute Gasteiger partial charge is 0.287 e. The SMILES string of the molecule is O=[N+]([O-])c1ccc(Cl)cc1.O=[N+]([O-])c1cccc(Cl)c1.O=[N+]([O-])c1ccccc1Cl. The number of para-hydroxylation sites is 1. The molecule has 0 unspecified atom stereocenters. The van der Waals surface area contributed by atoms with Crippen LogP contribution in [0.5, 0.6) is 0 Å². The van der Waals surface area contributed by atoms with Crippen molar-refractivity contribution in [2.24, 2.45) is 0 Å². The first-order valence-corrected chi connectivity index (χ1v) is 8.94. The molecule has 30 heavy (non-hydrogen) atoms. The standard InChI is InChI=1S/3C6H4ClNO2/c7-5-1-3-6(4-2-5)8(9)10;7-5-2-1-3-6(4-5)8(9)10;7-5-3-1-2-4-6(5)8(9)10/h3*1-4H. The van der Waals surface area contributed by atoms with Crippen molar-refractivity contribution in [3.63, 3.8) is 0 Å². The van der Waals surface area contributed by atoms with Crippen LogP contribution in [0.4, 0.5) is 17.1 Å². The molecule has 0 saturated carbocycles. The van der Waals surface area contributed by atoms with Gasteiger partial charge in [0.15, 0.2) is 0 Å². The zero-order valence-corrected chi connectivity index (χ0v) is 17.1. The van der Waals surface area contributed by atoms with E-state index in [0.717, 1.165) is 0 Å². The van der Waals surface area contributed by atoms with Crippen molar-refractivity contribution in [2.45, 2.75) is 0 Å². The minimum Gasteiger partial charge on any atom is -0.258 e. The highest BCUT2D eigenvalue weighted by atomic mass is 35.5. The minimum atomic E-state index is -0.512. The number of hydrogen-bond donors (Lipinski definition) is 0. The molecule has 0 aliphatic heterocycles. The lowest BCUT2D eigenvalue weighted by molar-refractivity contribution is -0.385. The maximum Gasteiger partial charge on any atom is 0.287 e. The van der Waals surface area contributed by atoms with Crippen molar-refractivity contribution >= 4 is 51.9 Å². The molecule has 0 spiro atoms. The fraction of sp³-hybridized carbons (Fsp3) is 0. The lowest BCUT2D eigenvalue weighted by atomic mass is 10.3. The molecule has 3 aromatic carbocycles. The molecule has 0 atom stereocenters. The fourth-order valence-electron chi connectivity index (χ4n) is 1.75. The number of nitro benzene ring substituents is 3. The summed E-state index contributed by atoms with van der Waals surface area (Å²) >= 11 is 16.5. The molecule has 12 heteroatoms. The zero-order valence-electron chi connectivity index (χ0n) is 14.9. The van der Waals surface area contributed by atoms with Crippen LogP contribution in [0.2, 0.25) is 15.1 Å². The lowest BCUT2D eigenvalue weighted by Gasteiger charge is -1.90. The molecule has 3 rings (SSSR count). The Hall–Kier alpha value is -3.27. The van der Waals surface area contributed by atoms with Gasteiger partial charge in [-0.15, -0.1) is 0 Å². The number of hydrogen-bond acceptors (Lipinski definition) is 6. The highest BCUT2D eigenvalue weighted by Crippen LogP contribution is 2.22. The van der Waals surface area contributed by atoms with E-state index in [1.54, 1.807) is 24.3 Å². The number of nitro groups is 3. The molecule has 0 bridgehead atoms. The molecular formula is C18H12Cl3N3O6. The molecule has 0 aliphatic rings. The monoisotopic (exact) mass is 471 g/mol. The maximum absolute atomic E-state index is 10.1. The van der Waals surface area contributed by atoms with Crippen LogP contribution < -0.4 is 0 Å². The van der Waals surface area contributed by atoms with Gasteiger partial charge in [-0.1, -0.05) is 53.0 Å². The van der Waals surface area contributed by atoms with Crippen LogP contribution in [0.25, 0.3) is 0 Å². The normalized spacial score (nSPS) is 9.30. The lowest BCUT2D eigenvalue weighted by Crippen LogP contribution is -1.87. The second-order valence-corrected chi connectivity index (χ2v) is 6.46. The summed E-state index contributed by atoms with van der Waals surface area (Å²) < 4.78 is 0. The van der Waals surface area contributed by atoms with E-state index in [2.05, 4.69) is 0 Å². The van der Waals surface area contributed by atoms with Crippen molar-refractivity contribution in [3.8, 4) is 0 Å². The predicted octanol–water partition coefficient (Wildman–Crippen LogP) is 6.74. The molecular weight excluding hydrogens is 461 g/mol. The molecule has 0 radical (unpaired) electrons. The molecule has 156 valence electrons. The first kappa shape index (κ1) is 24.8. The highest BCUT2D eigenvalue weighted by molar-refractivity contribution is 6.32. The van der Waals surface area contributed by atoms with Crippen molar-refractivity contribution < 1.29 is 14.8 Å². The van der Waals surface area contributed by atoms with E-state index < -0.39 is 14.8 Å². The molecule has 0 aliphatic carbocycles. The van der Waals surface area contributed by atoms with Crippen LogP contribution >= 0.6 is 34.8 Å². The van der Waals surface area contributed by atoms with E-state index in [9.17, 15) is 30.3 Å². The number of non-ortho nitro benzene ring substituents is 2. The summed E-state index contributed by atoms with van der Waals surface area (Å²) in [4.78, 5) is 28.9. The van der Waals surface area contributed by atoms with Crippen LogP contribution in [0.15, 0.2) is 72.8 Å². The number of rotatable bonds is 3. The molecule has 0 heterocycles. The third kappa shape index (κ3) is 8.82. The molecule has 0 fully saturated rings. The van der Waals surface area contributed by atoms with Crippen LogP contribution in [-0.2, 0) is 0 Å². The molecule has 0 N–H and O–H groups in total. The minimum absolute atomic E-state index is 0.0208. The van der Waals surface area contributed by atoms with Gasteiger partial charge in [-0.2, -0.15) is 0 Å². The van der Waals surface area contributed by atoms with Crippen LogP contribution in [-0.4, -0.2) is 14.8 Å². The van der Waals surface area contributed by atoms with Gasteiger partial charge < -0.3 is 0 Å². The summed E-state index contributed by atoms with van der Waals surface area (Å²) in [5.74, 6) is 0. The summed E-state index contributed by atoms with van der Waals surface area (Å²) in [6.07, 6.45) is 0. The zero-order chi connectivity index (χ0) is 22.7. The van der Waals surface area contributed by atoms with Crippen molar-refractivity contribution in [1.29, 1.82) is 0 Å². The molecule has 9 nitrogen and oxygen atoms in total. The Bertz CT molecular complexity index is 1030. The van der Waals surface area contributed by atoms with Crippen molar-refractivity contribution in [2.75, 3.05) is 0 Å². The topological polar surface area (TPSA) is 129 Å². The summed E-state index contributed by atoms with van der Waals surface area (Å²) in [7, 11) is 0. The third-order valence-corrected chi connectivity index (χ3v) is 3.91. The van der Waals surface area contributed by atoms with Crippen LogP contribution in [0.3, 0.4) is 0 Å². The van der Waals surface area contributed by atoms with E-state index >= 15 is 0 Å². The van der Waals surface area contributed by atoms with Crippen LogP contribution in [0.1, 0.15) is 0 Å². The molecule has 0 aromatic heterocycles. The number of halogens is 3.